The average Bonchev–Trinajstić information content (AvgIpc) is 3.18. The molecule has 0 aromatic rings. The molecule has 1 saturated heterocycles. The van der Waals surface area contributed by atoms with Crippen molar-refractivity contribution in [1.82, 2.24) is 0 Å². The van der Waals surface area contributed by atoms with E-state index in [0.717, 1.165) is 66.5 Å². The second-order valence-corrected chi connectivity index (χ2v) is 8.50. The van der Waals surface area contributed by atoms with Gasteiger partial charge in [0.05, 0.1) is 13.2 Å². The van der Waals surface area contributed by atoms with Crippen LogP contribution in [0.3, 0.4) is 0 Å². The Hall–Kier alpha value is -0.0800. The molecule has 5 fully saturated rings. The highest BCUT2D eigenvalue weighted by Crippen LogP contribution is 2.71. The predicted octanol–water partition coefficient (Wildman–Crippen LogP) is 3.56. The van der Waals surface area contributed by atoms with E-state index in [1.807, 2.05) is 0 Å². The molecule has 9 atom stereocenters. The summed E-state index contributed by atoms with van der Waals surface area (Å²) in [5, 5.41) is 0. The van der Waals surface area contributed by atoms with Crippen LogP contribution in [-0.2, 0) is 9.47 Å². The fourth-order valence-corrected chi connectivity index (χ4v) is 7.43. The molecule has 0 aromatic carbocycles. The van der Waals surface area contributed by atoms with E-state index in [0.29, 0.717) is 0 Å². The van der Waals surface area contributed by atoms with E-state index in [4.69, 9.17) is 9.47 Å². The van der Waals surface area contributed by atoms with Gasteiger partial charge in [-0.05, 0) is 72.5 Å². The van der Waals surface area contributed by atoms with Crippen molar-refractivity contribution in [2.45, 2.75) is 45.8 Å². The Kier molecular flexibility index (Phi) is 2.63. The lowest BCUT2D eigenvalue weighted by molar-refractivity contribution is -0.0702. The van der Waals surface area contributed by atoms with Gasteiger partial charge in [0.25, 0.3) is 0 Å². The molecule has 0 radical (unpaired) electrons. The SMILES string of the molecule is CC1C(C)C2CC1C1C3CC(CC4OCCO4)C(C3)C21. The molecule has 0 spiro atoms. The van der Waals surface area contributed by atoms with Crippen molar-refractivity contribution in [3.05, 3.63) is 0 Å². The molecule has 4 saturated carbocycles. The van der Waals surface area contributed by atoms with Crippen LogP contribution < -0.4 is 0 Å². The monoisotopic (exact) mass is 276 g/mol. The zero-order chi connectivity index (χ0) is 13.4. The van der Waals surface area contributed by atoms with Crippen molar-refractivity contribution < 1.29 is 9.47 Å². The van der Waals surface area contributed by atoms with Gasteiger partial charge in [-0.2, -0.15) is 0 Å². The Morgan fingerprint density at radius 2 is 1.50 bits per heavy atom. The minimum atomic E-state index is 0.132. The van der Waals surface area contributed by atoms with Gasteiger partial charge in [-0.25, -0.2) is 0 Å². The van der Waals surface area contributed by atoms with E-state index in [1.54, 1.807) is 12.8 Å². The van der Waals surface area contributed by atoms with Crippen molar-refractivity contribution in [2.24, 2.45) is 53.3 Å². The first-order chi connectivity index (χ1) is 9.74. The van der Waals surface area contributed by atoms with Crippen LogP contribution in [0.2, 0.25) is 0 Å². The lowest BCUT2D eigenvalue weighted by atomic mass is 9.62. The summed E-state index contributed by atoms with van der Waals surface area (Å²) in [7, 11) is 0. The van der Waals surface area contributed by atoms with E-state index in [-0.39, 0.29) is 6.29 Å². The normalized spacial score (nSPS) is 60.6. The molecule has 5 rings (SSSR count). The maximum absolute atomic E-state index is 5.71. The summed E-state index contributed by atoms with van der Waals surface area (Å²) < 4.78 is 11.4. The van der Waals surface area contributed by atoms with Crippen molar-refractivity contribution in [1.29, 1.82) is 0 Å². The molecule has 0 N–H and O–H groups in total. The van der Waals surface area contributed by atoms with E-state index in [1.165, 1.54) is 12.8 Å². The molecule has 2 heteroatoms. The molecule has 2 nitrogen and oxygen atoms in total. The molecule has 1 aliphatic heterocycles. The Labute approximate surface area is 122 Å². The number of fused-ring (bicyclic) bond motifs is 9. The summed E-state index contributed by atoms with van der Waals surface area (Å²) in [4.78, 5) is 0. The lowest BCUT2D eigenvalue weighted by Gasteiger charge is -2.43. The van der Waals surface area contributed by atoms with Gasteiger partial charge in [-0.1, -0.05) is 13.8 Å². The van der Waals surface area contributed by atoms with E-state index in [9.17, 15) is 0 Å². The van der Waals surface area contributed by atoms with Gasteiger partial charge in [0.1, 0.15) is 0 Å². The minimum Gasteiger partial charge on any atom is -0.350 e. The van der Waals surface area contributed by atoms with Crippen molar-refractivity contribution in [3.63, 3.8) is 0 Å². The smallest absolute Gasteiger partial charge is 0.158 e. The van der Waals surface area contributed by atoms with Crippen LogP contribution in [0.4, 0.5) is 0 Å². The quantitative estimate of drug-likeness (QED) is 0.718. The number of hydrogen-bond donors (Lipinski definition) is 0. The molecular formula is C18H28O2. The molecule has 9 unspecified atom stereocenters. The van der Waals surface area contributed by atoms with Crippen LogP contribution in [0.25, 0.3) is 0 Å². The van der Waals surface area contributed by atoms with Crippen molar-refractivity contribution in [2.75, 3.05) is 13.2 Å². The average molecular weight is 276 g/mol. The van der Waals surface area contributed by atoms with Crippen LogP contribution in [0.1, 0.15) is 39.5 Å². The molecule has 0 amide bonds. The molecule has 4 aliphatic carbocycles. The summed E-state index contributed by atoms with van der Waals surface area (Å²) in [6.45, 7) is 6.71. The first-order valence-electron chi connectivity index (χ1n) is 8.97. The molecule has 1 heterocycles. The third-order valence-corrected chi connectivity index (χ3v) is 8.17. The standard InChI is InChI=1S/C18H28O2/c1-9-10(2)14-8-13(9)17-12-5-11(15(6-12)18(14)17)7-16-19-3-4-20-16/h9-18H,3-8H2,1-2H3. The number of ether oxygens (including phenoxy) is 2. The summed E-state index contributed by atoms with van der Waals surface area (Å²) in [6, 6.07) is 0. The maximum atomic E-state index is 5.71. The van der Waals surface area contributed by atoms with Crippen LogP contribution in [0.5, 0.6) is 0 Å². The fourth-order valence-electron chi connectivity index (χ4n) is 7.43. The number of hydrogen-bond acceptors (Lipinski definition) is 2. The van der Waals surface area contributed by atoms with Crippen LogP contribution in [0.15, 0.2) is 0 Å². The van der Waals surface area contributed by atoms with Crippen molar-refractivity contribution >= 4 is 0 Å². The third kappa shape index (κ3) is 1.48. The lowest BCUT2D eigenvalue weighted by Crippen LogP contribution is -2.39. The summed E-state index contributed by atoms with van der Waals surface area (Å²) in [5.41, 5.74) is 0. The van der Waals surface area contributed by atoms with E-state index < -0.39 is 0 Å². The summed E-state index contributed by atoms with van der Waals surface area (Å²) >= 11 is 0. The minimum absolute atomic E-state index is 0.132. The predicted molar refractivity (Wildman–Crippen MR) is 76.9 cm³/mol. The Morgan fingerprint density at radius 3 is 2.25 bits per heavy atom. The van der Waals surface area contributed by atoms with Gasteiger partial charge < -0.3 is 9.47 Å². The molecule has 112 valence electrons. The number of rotatable bonds is 2. The molecule has 0 aromatic heterocycles. The molecule has 20 heavy (non-hydrogen) atoms. The highest BCUT2D eigenvalue weighted by atomic mass is 16.7. The first-order valence-corrected chi connectivity index (χ1v) is 8.97. The second-order valence-electron chi connectivity index (χ2n) is 8.50. The van der Waals surface area contributed by atoms with Crippen LogP contribution >= 0.6 is 0 Å². The van der Waals surface area contributed by atoms with Gasteiger partial charge in [0, 0.05) is 6.42 Å². The summed E-state index contributed by atoms with van der Waals surface area (Å²) in [5.74, 6) is 9.29. The van der Waals surface area contributed by atoms with Gasteiger partial charge >= 0.3 is 0 Å². The molecular weight excluding hydrogens is 248 g/mol. The maximum Gasteiger partial charge on any atom is 0.158 e. The van der Waals surface area contributed by atoms with Gasteiger partial charge in [-0.3, -0.25) is 0 Å². The van der Waals surface area contributed by atoms with Crippen molar-refractivity contribution in [3.8, 4) is 0 Å². The van der Waals surface area contributed by atoms with Crippen LogP contribution in [0, 0.1) is 53.3 Å². The first kappa shape index (κ1) is 12.5. The topological polar surface area (TPSA) is 18.5 Å². The summed E-state index contributed by atoms with van der Waals surface area (Å²) in [6.07, 6.45) is 5.91. The second kappa shape index (κ2) is 4.23. The van der Waals surface area contributed by atoms with E-state index in [2.05, 4.69) is 13.8 Å². The largest absolute Gasteiger partial charge is 0.350 e. The Balaban J connectivity index is 1.35. The highest BCUT2D eigenvalue weighted by molar-refractivity contribution is 5.13. The zero-order valence-electron chi connectivity index (χ0n) is 12.8. The van der Waals surface area contributed by atoms with E-state index >= 15 is 0 Å². The van der Waals surface area contributed by atoms with Gasteiger partial charge in [0.2, 0.25) is 0 Å². The van der Waals surface area contributed by atoms with Crippen LogP contribution in [-0.4, -0.2) is 19.5 Å². The molecule has 4 bridgehead atoms. The van der Waals surface area contributed by atoms with Gasteiger partial charge in [-0.15, -0.1) is 0 Å². The third-order valence-electron chi connectivity index (χ3n) is 8.17. The highest BCUT2D eigenvalue weighted by Gasteiger charge is 2.65. The molecule has 5 aliphatic rings. The zero-order valence-corrected chi connectivity index (χ0v) is 12.8. The fraction of sp³-hybridized carbons (Fsp3) is 1.00. The Bertz CT molecular complexity index is 402. The van der Waals surface area contributed by atoms with Gasteiger partial charge in [0.15, 0.2) is 6.29 Å². The Morgan fingerprint density at radius 1 is 0.800 bits per heavy atom.